The minimum Gasteiger partial charge on any atom is -0.508 e. The maximum atomic E-state index is 10.3. The van der Waals surface area contributed by atoms with E-state index in [0.717, 1.165) is 11.1 Å². The molecule has 0 radical (unpaired) electrons. The summed E-state index contributed by atoms with van der Waals surface area (Å²) >= 11 is 0. The van der Waals surface area contributed by atoms with E-state index in [0.29, 0.717) is 11.5 Å². The quantitative estimate of drug-likeness (QED) is 0.685. The fourth-order valence-corrected chi connectivity index (χ4v) is 2.18. The van der Waals surface area contributed by atoms with Crippen LogP contribution in [0, 0.1) is 0 Å². The molecule has 0 aromatic heterocycles. The second kappa shape index (κ2) is 6.87. The highest BCUT2D eigenvalue weighted by Crippen LogP contribution is 2.38. The smallest absolute Gasteiger partial charge is 0.123 e. The first-order valence-electron chi connectivity index (χ1n) is 7.60. The number of benzene rings is 2. The van der Waals surface area contributed by atoms with Crippen LogP contribution in [0.4, 0.5) is 0 Å². The first kappa shape index (κ1) is 18.1. The molecule has 0 heterocycles. The Morgan fingerprint density at radius 2 is 1.00 bits per heavy atom. The van der Waals surface area contributed by atoms with E-state index in [-0.39, 0.29) is 10.8 Å². The molecule has 0 bridgehead atoms. The van der Waals surface area contributed by atoms with Gasteiger partial charge in [-0.05, 0) is 34.1 Å². The third-order valence-electron chi connectivity index (χ3n) is 3.41. The molecule has 2 aromatic rings. The Labute approximate surface area is 134 Å². The Kier molecular flexibility index (Phi) is 5.65. The molecule has 2 N–H and O–H groups in total. The lowest BCUT2D eigenvalue weighted by Crippen LogP contribution is -2.16. The average Bonchev–Trinajstić information content (AvgIpc) is 2.37. The summed E-state index contributed by atoms with van der Waals surface area (Å²) in [6, 6.07) is 14.8. The molecular weight excluding hydrogens is 272 g/mol. The number of phenols is 2. The summed E-state index contributed by atoms with van der Waals surface area (Å²) < 4.78 is 0. The predicted octanol–water partition coefficient (Wildman–Crippen LogP) is 5.38. The lowest BCUT2D eigenvalue weighted by Gasteiger charge is -2.26. The van der Waals surface area contributed by atoms with Crippen LogP contribution in [0.25, 0.3) is 0 Å². The lowest BCUT2D eigenvalue weighted by atomic mass is 9.80. The van der Waals surface area contributed by atoms with Crippen LogP contribution in [0.2, 0.25) is 0 Å². The van der Waals surface area contributed by atoms with Crippen molar-refractivity contribution >= 4 is 0 Å². The minimum absolute atomic E-state index is 0.00859. The zero-order valence-electron chi connectivity index (χ0n) is 14.5. The molecule has 2 nitrogen and oxygen atoms in total. The van der Waals surface area contributed by atoms with Gasteiger partial charge in [-0.3, -0.25) is 0 Å². The van der Waals surface area contributed by atoms with Crippen LogP contribution < -0.4 is 0 Å². The number of rotatable bonds is 0. The standard InChI is InChI=1S/C14H22O.C6H6O/c1-13(2,3)10-8-7-9-11(12(10)15)14(4,5)6;7-6-4-2-1-3-5-6/h7-9,15H,1-6H3;1-5,7H. The zero-order valence-corrected chi connectivity index (χ0v) is 14.5. The number of hydrogen-bond donors (Lipinski definition) is 2. The van der Waals surface area contributed by atoms with Gasteiger partial charge in [-0.25, -0.2) is 0 Å². The molecule has 0 fully saturated rings. The molecule has 0 aliphatic carbocycles. The highest BCUT2D eigenvalue weighted by molar-refractivity contribution is 5.46. The van der Waals surface area contributed by atoms with Crippen molar-refractivity contribution in [1.82, 2.24) is 0 Å². The minimum atomic E-state index is -0.00859. The summed E-state index contributed by atoms with van der Waals surface area (Å²) in [5, 5.41) is 18.9. The van der Waals surface area contributed by atoms with E-state index in [1.165, 1.54) is 0 Å². The normalized spacial score (nSPS) is 11.5. The SMILES string of the molecule is CC(C)(C)c1cccc(C(C)(C)C)c1O.Oc1ccccc1. The van der Waals surface area contributed by atoms with Crippen molar-refractivity contribution < 1.29 is 10.2 Å². The van der Waals surface area contributed by atoms with Gasteiger partial charge in [0.25, 0.3) is 0 Å². The summed E-state index contributed by atoms with van der Waals surface area (Å²) in [5.41, 5.74) is 2.03. The van der Waals surface area contributed by atoms with Crippen molar-refractivity contribution in [3.05, 3.63) is 59.7 Å². The first-order chi connectivity index (χ1) is 10.0. The molecule has 2 aromatic carbocycles. The molecule has 0 aliphatic rings. The van der Waals surface area contributed by atoms with E-state index in [1.807, 2.05) is 24.3 Å². The lowest BCUT2D eigenvalue weighted by molar-refractivity contribution is 0.423. The Morgan fingerprint density at radius 3 is 1.27 bits per heavy atom. The van der Waals surface area contributed by atoms with E-state index in [9.17, 15) is 5.11 Å². The molecule has 0 amide bonds. The summed E-state index contributed by atoms with van der Waals surface area (Å²) in [6.45, 7) is 12.7. The number of para-hydroxylation sites is 2. The van der Waals surface area contributed by atoms with Crippen LogP contribution in [-0.4, -0.2) is 10.2 Å². The van der Waals surface area contributed by atoms with Gasteiger partial charge in [0, 0.05) is 0 Å². The second-order valence-electron chi connectivity index (χ2n) is 7.54. The largest absolute Gasteiger partial charge is 0.508 e. The third kappa shape index (κ3) is 5.10. The Hall–Kier alpha value is -1.96. The van der Waals surface area contributed by atoms with E-state index >= 15 is 0 Å². The van der Waals surface area contributed by atoms with E-state index in [2.05, 4.69) is 41.5 Å². The summed E-state index contributed by atoms with van der Waals surface area (Å²) in [5.74, 6) is 0.778. The highest BCUT2D eigenvalue weighted by atomic mass is 16.3. The zero-order chi connectivity index (χ0) is 17.0. The molecular formula is C20H28O2. The Balaban J connectivity index is 0.000000287. The van der Waals surface area contributed by atoms with Crippen molar-refractivity contribution in [2.45, 2.75) is 52.4 Å². The van der Waals surface area contributed by atoms with Crippen LogP contribution >= 0.6 is 0 Å². The summed E-state index contributed by atoms with van der Waals surface area (Å²) in [4.78, 5) is 0. The van der Waals surface area contributed by atoms with Crippen LogP contribution in [0.1, 0.15) is 52.7 Å². The van der Waals surface area contributed by atoms with Gasteiger partial charge in [0.1, 0.15) is 11.5 Å². The highest BCUT2D eigenvalue weighted by Gasteiger charge is 2.24. The molecule has 120 valence electrons. The topological polar surface area (TPSA) is 40.5 Å². The van der Waals surface area contributed by atoms with E-state index < -0.39 is 0 Å². The Morgan fingerprint density at radius 1 is 0.591 bits per heavy atom. The molecule has 0 saturated heterocycles. The van der Waals surface area contributed by atoms with Gasteiger partial charge >= 0.3 is 0 Å². The molecule has 2 heteroatoms. The van der Waals surface area contributed by atoms with Crippen molar-refractivity contribution in [2.75, 3.05) is 0 Å². The van der Waals surface area contributed by atoms with E-state index in [4.69, 9.17) is 5.11 Å². The van der Waals surface area contributed by atoms with Crippen molar-refractivity contribution in [3.63, 3.8) is 0 Å². The van der Waals surface area contributed by atoms with Crippen LogP contribution in [0.3, 0.4) is 0 Å². The second-order valence-corrected chi connectivity index (χ2v) is 7.54. The van der Waals surface area contributed by atoms with Gasteiger partial charge in [0.2, 0.25) is 0 Å². The molecule has 2 rings (SSSR count). The van der Waals surface area contributed by atoms with Crippen molar-refractivity contribution in [2.24, 2.45) is 0 Å². The first-order valence-corrected chi connectivity index (χ1v) is 7.60. The number of phenolic OH excluding ortho intramolecular Hbond substituents is 2. The number of hydrogen-bond acceptors (Lipinski definition) is 2. The maximum absolute atomic E-state index is 10.3. The molecule has 0 saturated carbocycles. The van der Waals surface area contributed by atoms with Crippen molar-refractivity contribution in [1.29, 1.82) is 0 Å². The third-order valence-corrected chi connectivity index (χ3v) is 3.41. The Bertz CT molecular complexity index is 555. The summed E-state index contributed by atoms with van der Waals surface area (Å²) in [7, 11) is 0. The van der Waals surface area contributed by atoms with Gasteiger partial charge in [0.05, 0.1) is 0 Å². The van der Waals surface area contributed by atoms with Crippen molar-refractivity contribution in [3.8, 4) is 11.5 Å². The van der Waals surface area contributed by atoms with Crippen LogP contribution in [0.5, 0.6) is 11.5 Å². The van der Waals surface area contributed by atoms with Gasteiger partial charge in [-0.1, -0.05) is 77.9 Å². The molecule has 22 heavy (non-hydrogen) atoms. The predicted molar refractivity (Wildman–Crippen MR) is 93.6 cm³/mol. The molecule has 0 aliphatic heterocycles. The van der Waals surface area contributed by atoms with Crippen LogP contribution in [0.15, 0.2) is 48.5 Å². The average molecular weight is 300 g/mol. The summed E-state index contributed by atoms with van der Waals surface area (Å²) in [6.07, 6.45) is 0. The van der Waals surface area contributed by atoms with Gasteiger partial charge < -0.3 is 10.2 Å². The monoisotopic (exact) mass is 300 g/mol. The van der Waals surface area contributed by atoms with Gasteiger partial charge in [0.15, 0.2) is 0 Å². The molecule has 0 spiro atoms. The van der Waals surface area contributed by atoms with Gasteiger partial charge in [-0.2, -0.15) is 0 Å². The van der Waals surface area contributed by atoms with Gasteiger partial charge in [-0.15, -0.1) is 0 Å². The fourth-order valence-electron chi connectivity index (χ4n) is 2.18. The van der Waals surface area contributed by atoms with Crippen LogP contribution in [-0.2, 0) is 10.8 Å². The number of aromatic hydroxyl groups is 2. The molecule has 0 atom stereocenters. The van der Waals surface area contributed by atoms with E-state index in [1.54, 1.807) is 24.3 Å². The molecule has 0 unspecified atom stereocenters. The fraction of sp³-hybridized carbons (Fsp3) is 0.400. The maximum Gasteiger partial charge on any atom is 0.123 e.